The Morgan fingerprint density at radius 1 is 1.25 bits per heavy atom. The summed E-state index contributed by atoms with van der Waals surface area (Å²) in [6.45, 7) is 5.49. The first kappa shape index (κ1) is 20.7. The predicted molar refractivity (Wildman–Crippen MR) is 115 cm³/mol. The number of thioether (sulfide) groups is 1. The number of carbonyl (C=O) groups excluding carboxylic acids is 2. The maximum absolute atomic E-state index is 13.1. The smallest absolute Gasteiger partial charge is 0.274 e. The Hall–Kier alpha value is -1.99. The third-order valence-corrected chi connectivity index (χ3v) is 5.73. The maximum Gasteiger partial charge on any atom is 0.274 e. The molecule has 7 heteroatoms. The minimum atomic E-state index is 0.0350. The second-order valence-corrected chi connectivity index (χ2v) is 8.07. The van der Waals surface area contributed by atoms with Crippen molar-refractivity contribution in [2.45, 2.75) is 26.2 Å². The molecule has 0 bridgehead atoms. The Kier molecular flexibility index (Phi) is 7.39. The summed E-state index contributed by atoms with van der Waals surface area (Å²) in [5.41, 5.74) is 3.45. The number of aryl methyl sites for hydroxylation is 1. The van der Waals surface area contributed by atoms with Gasteiger partial charge in [0.15, 0.2) is 0 Å². The Morgan fingerprint density at radius 2 is 2.04 bits per heavy atom. The largest absolute Gasteiger partial charge is 0.378 e. The molecule has 0 atom stereocenters. The van der Waals surface area contributed by atoms with Gasteiger partial charge in [-0.2, -0.15) is 11.8 Å². The number of morpholine rings is 1. The number of hydrogen-bond acceptors (Lipinski definition) is 5. The van der Waals surface area contributed by atoms with E-state index in [-0.39, 0.29) is 11.8 Å². The number of benzene rings is 1. The van der Waals surface area contributed by atoms with Gasteiger partial charge in [-0.1, -0.05) is 6.08 Å². The molecule has 2 aliphatic rings. The molecule has 1 N–H and O–H groups in total. The van der Waals surface area contributed by atoms with Crippen LogP contribution in [0.2, 0.25) is 0 Å². The number of carbonyl (C=O) groups is 2. The number of hydrogen-bond donors (Lipinski definition) is 1. The predicted octanol–water partition coefficient (Wildman–Crippen LogP) is 3.03. The van der Waals surface area contributed by atoms with Gasteiger partial charge in [0.1, 0.15) is 0 Å². The molecule has 0 aliphatic carbocycles. The highest BCUT2D eigenvalue weighted by Gasteiger charge is 2.28. The van der Waals surface area contributed by atoms with Crippen LogP contribution in [0.1, 0.15) is 24.8 Å². The van der Waals surface area contributed by atoms with Crippen molar-refractivity contribution in [1.82, 2.24) is 4.90 Å². The van der Waals surface area contributed by atoms with Gasteiger partial charge in [-0.25, -0.2) is 0 Å². The summed E-state index contributed by atoms with van der Waals surface area (Å²) < 4.78 is 5.40. The zero-order valence-electron chi connectivity index (χ0n) is 16.7. The zero-order chi connectivity index (χ0) is 19.9. The molecule has 2 heterocycles. The van der Waals surface area contributed by atoms with Crippen LogP contribution in [0, 0.1) is 6.92 Å². The van der Waals surface area contributed by atoms with Crippen molar-refractivity contribution in [2.24, 2.45) is 0 Å². The fourth-order valence-corrected chi connectivity index (χ4v) is 4.03. The fourth-order valence-electron chi connectivity index (χ4n) is 3.59. The lowest BCUT2D eigenvalue weighted by Crippen LogP contribution is -2.45. The van der Waals surface area contributed by atoms with E-state index in [2.05, 4.69) is 10.2 Å². The summed E-state index contributed by atoms with van der Waals surface area (Å²) in [5.74, 6) is 1.07. The van der Waals surface area contributed by atoms with E-state index in [1.807, 2.05) is 42.4 Å². The molecule has 0 aromatic heterocycles. The lowest BCUT2D eigenvalue weighted by molar-refractivity contribution is -0.118. The van der Waals surface area contributed by atoms with Crippen molar-refractivity contribution in [3.8, 4) is 0 Å². The highest BCUT2D eigenvalue weighted by molar-refractivity contribution is 7.98. The lowest BCUT2D eigenvalue weighted by Gasteiger charge is -2.36. The third kappa shape index (κ3) is 5.08. The van der Waals surface area contributed by atoms with Gasteiger partial charge in [0, 0.05) is 37.4 Å². The van der Waals surface area contributed by atoms with E-state index in [4.69, 9.17) is 4.74 Å². The molecular weight excluding hydrogens is 374 g/mol. The van der Waals surface area contributed by atoms with Gasteiger partial charge < -0.3 is 19.9 Å². The second-order valence-electron chi connectivity index (χ2n) is 7.08. The number of rotatable bonds is 7. The summed E-state index contributed by atoms with van der Waals surface area (Å²) in [6.07, 6.45) is 6.33. The molecular formula is C21H29N3O3S. The minimum absolute atomic E-state index is 0.0350. The maximum atomic E-state index is 13.1. The molecule has 6 nitrogen and oxygen atoms in total. The first-order valence-corrected chi connectivity index (χ1v) is 11.2. The van der Waals surface area contributed by atoms with Gasteiger partial charge in [0.2, 0.25) is 5.91 Å². The molecule has 28 heavy (non-hydrogen) atoms. The average molecular weight is 404 g/mol. The summed E-state index contributed by atoms with van der Waals surface area (Å²) in [5, 5.41) is 2.96. The summed E-state index contributed by atoms with van der Waals surface area (Å²) in [7, 11) is 0. The van der Waals surface area contributed by atoms with Gasteiger partial charge >= 0.3 is 0 Å². The van der Waals surface area contributed by atoms with Crippen LogP contribution in [0.4, 0.5) is 11.4 Å². The highest BCUT2D eigenvalue weighted by atomic mass is 32.2. The van der Waals surface area contributed by atoms with Crippen LogP contribution >= 0.6 is 11.8 Å². The summed E-state index contributed by atoms with van der Waals surface area (Å²) in [4.78, 5) is 29.1. The van der Waals surface area contributed by atoms with Crippen molar-refractivity contribution < 1.29 is 14.3 Å². The van der Waals surface area contributed by atoms with E-state index < -0.39 is 0 Å². The monoisotopic (exact) mass is 403 g/mol. The van der Waals surface area contributed by atoms with Gasteiger partial charge in [-0.05, 0) is 55.5 Å². The molecule has 0 radical (unpaired) electrons. The second kappa shape index (κ2) is 9.98. The van der Waals surface area contributed by atoms with Gasteiger partial charge in [-0.3, -0.25) is 9.59 Å². The van der Waals surface area contributed by atoms with Crippen LogP contribution in [-0.4, -0.2) is 61.6 Å². The zero-order valence-corrected chi connectivity index (χ0v) is 17.5. The quantitative estimate of drug-likeness (QED) is 0.709. The summed E-state index contributed by atoms with van der Waals surface area (Å²) >= 11 is 1.75. The van der Waals surface area contributed by atoms with Crippen molar-refractivity contribution in [3.63, 3.8) is 0 Å². The molecule has 1 saturated heterocycles. The van der Waals surface area contributed by atoms with Crippen molar-refractivity contribution in [2.75, 3.05) is 55.1 Å². The molecule has 2 aliphatic heterocycles. The van der Waals surface area contributed by atoms with Crippen LogP contribution in [-0.2, 0) is 14.3 Å². The molecule has 1 fully saturated rings. The first-order valence-electron chi connectivity index (χ1n) is 9.84. The van der Waals surface area contributed by atoms with E-state index in [0.29, 0.717) is 26.2 Å². The standard InChI is InChI=1S/C21H29N3O3S/c1-16-15-17(22-20(25)6-4-14-28-2)7-8-18(16)24-9-3-5-19(21(24)26)23-10-12-27-13-11-23/h5,7-8,15H,3-4,6,9-14H2,1-2H3,(H,22,25). The number of ether oxygens (including phenoxy) is 1. The van der Waals surface area contributed by atoms with Gasteiger partial charge in [0.25, 0.3) is 5.91 Å². The van der Waals surface area contributed by atoms with Crippen LogP contribution in [0.15, 0.2) is 30.0 Å². The molecule has 0 spiro atoms. The number of nitrogens with one attached hydrogen (secondary N) is 1. The topological polar surface area (TPSA) is 61.9 Å². The third-order valence-electron chi connectivity index (χ3n) is 5.03. The van der Waals surface area contributed by atoms with Crippen molar-refractivity contribution in [3.05, 3.63) is 35.5 Å². The van der Waals surface area contributed by atoms with E-state index in [1.54, 1.807) is 11.8 Å². The summed E-state index contributed by atoms with van der Waals surface area (Å²) in [6, 6.07) is 5.77. The number of amides is 2. The van der Waals surface area contributed by atoms with Gasteiger partial charge in [-0.15, -0.1) is 0 Å². The van der Waals surface area contributed by atoms with E-state index in [0.717, 1.165) is 54.3 Å². The Morgan fingerprint density at radius 3 is 2.75 bits per heavy atom. The molecule has 0 unspecified atom stereocenters. The van der Waals surface area contributed by atoms with E-state index >= 15 is 0 Å². The minimum Gasteiger partial charge on any atom is -0.378 e. The highest BCUT2D eigenvalue weighted by Crippen LogP contribution is 2.28. The van der Waals surface area contributed by atoms with Crippen molar-refractivity contribution >= 4 is 35.0 Å². The SMILES string of the molecule is CSCCCC(=O)Nc1ccc(N2CCC=C(N3CCOCC3)C2=O)c(C)c1. The van der Waals surface area contributed by atoms with E-state index in [1.165, 1.54) is 0 Å². The van der Waals surface area contributed by atoms with Crippen LogP contribution in [0.25, 0.3) is 0 Å². The van der Waals surface area contributed by atoms with E-state index in [9.17, 15) is 9.59 Å². The molecule has 152 valence electrons. The van der Waals surface area contributed by atoms with Gasteiger partial charge in [0.05, 0.1) is 18.9 Å². The molecule has 0 saturated carbocycles. The van der Waals surface area contributed by atoms with Crippen LogP contribution in [0.5, 0.6) is 0 Å². The molecule has 1 aromatic rings. The molecule has 2 amide bonds. The number of anilines is 2. The molecule has 1 aromatic carbocycles. The Bertz CT molecular complexity index is 744. The number of nitrogens with zero attached hydrogens (tertiary/aromatic N) is 2. The van der Waals surface area contributed by atoms with Crippen LogP contribution < -0.4 is 10.2 Å². The Balaban J connectivity index is 1.67. The van der Waals surface area contributed by atoms with Crippen molar-refractivity contribution in [1.29, 1.82) is 0 Å². The molecule has 3 rings (SSSR count). The first-order chi connectivity index (χ1) is 13.6. The fraction of sp³-hybridized carbons (Fsp3) is 0.524. The van der Waals surface area contributed by atoms with Crippen LogP contribution in [0.3, 0.4) is 0 Å². The normalized spacial score (nSPS) is 17.5. The lowest BCUT2D eigenvalue weighted by atomic mass is 10.1. The average Bonchev–Trinajstić information content (AvgIpc) is 2.70. The Labute approximate surface area is 171 Å².